The van der Waals surface area contributed by atoms with Crippen LogP contribution in [-0.2, 0) is 14.8 Å². The average Bonchev–Trinajstić information content (AvgIpc) is 2.81. The van der Waals surface area contributed by atoms with E-state index in [4.69, 9.17) is 4.74 Å². The van der Waals surface area contributed by atoms with Crippen molar-refractivity contribution in [3.63, 3.8) is 0 Å². The number of methoxy groups -OCH3 is 1. The predicted molar refractivity (Wildman–Crippen MR) is 139 cm³/mol. The van der Waals surface area contributed by atoms with Gasteiger partial charge in [-0.1, -0.05) is 58.7 Å². The van der Waals surface area contributed by atoms with Crippen LogP contribution in [0.1, 0.15) is 36.1 Å². The SMILES string of the molecule is CC[C@@H](NC(=O)CN(c1cccc(Br)c1)S(=O)(=O)c1ccc(C)cc1)c1ccc(OC)c(C)c1. The fourth-order valence-electron chi connectivity index (χ4n) is 3.69. The van der Waals surface area contributed by atoms with Crippen LogP contribution in [0.2, 0.25) is 0 Å². The second kappa shape index (κ2) is 11.1. The molecule has 0 unspecified atom stereocenters. The first-order chi connectivity index (χ1) is 16.1. The highest BCUT2D eigenvalue weighted by molar-refractivity contribution is 9.10. The summed E-state index contributed by atoms with van der Waals surface area (Å²) in [6.07, 6.45) is 0.652. The van der Waals surface area contributed by atoms with Gasteiger partial charge in [0.25, 0.3) is 10.0 Å². The van der Waals surface area contributed by atoms with Crippen LogP contribution in [0.15, 0.2) is 76.1 Å². The first kappa shape index (κ1) is 25.8. The van der Waals surface area contributed by atoms with Crippen LogP contribution in [0.25, 0.3) is 0 Å². The van der Waals surface area contributed by atoms with Crippen molar-refractivity contribution in [2.75, 3.05) is 18.0 Å². The molecule has 3 aromatic rings. The molecule has 0 aliphatic rings. The molecule has 34 heavy (non-hydrogen) atoms. The minimum atomic E-state index is -3.97. The number of carbonyl (C=O) groups excluding carboxylic acids is 1. The van der Waals surface area contributed by atoms with Gasteiger partial charge in [0.05, 0.1) is 23.7 Å². The average molecular weight is 545 g/mol. The quantitative estimate of drug-likeness (QED) is 0.383. The summed E-state index contributed by atoms with van der Waals surface area (Å²) in [7, 11) is -2.35. The minimum absolute atomic E-state index is 0.128. The van der Waals surface area contributed by atoms with E-state index in [9.17, 15) is 13.2 Å². The van der Waals surface area contributed by atoms with Crippen molar-refractivity contribution >= 4 is 37.5 Å². The van der Waals surface area contributed by atoms with Crippen molar-refractivity contribution < 1.29 is 17.9 Å². The summed E-state index contributed by atoms with van der Waals surface area (Å²) in [4.78, 5) is 13.3. The monoisotopic (exact) mass is 544 g/mol. The molecule has 3 aromatic carbocycles. The standard InChI is InChI=1S/C26H29BrN2O4S/c1-5-24(20-11-14-25(33-4)19(3)15-20)28-26(30)17-29(22-8-6-7-21(27)16-22)34(31,32)23-12-9-18(2)10-13-23/h6-16,24H,5,17H2,1-4H3,(H,28,30)/t24-/m1/s1. The number of halogens is 1. The second-order valence-electron chi connectivity index (χ2n) is 8.06. The fourth-order valence-corrected chi connectivity index (χ4v) is 5.49. The molecule has 0 fully saturated rings. The highest BCUT2D eigenvalue weighted by Gasteiger charge is 2.28. The van der Waals surface area contributed by atoms with Gasteiger partial charge in [-0.15, -0.1) is 0 Å². The molecule has 1 amide bonds. The van der Waals surface area contributed by atoms with Gasteiger partial charge in [0.2, 0.25) is 5.91 Å². The van der Waals surface area contributed by atoms with E-state index >= 15 is 0 Å². The highest BCUT2D eigenvalue weighted by Crippen LogP contribution is 2.27. The van der Waals surface area contributed by atoms with Crippen LogP contribution in [0.3, 0.4) is 0 Å². The van der Waals surface area contributed by atoms with Crippen molar-refractivity contribution in [1.29, 1.82) is 0 Å². The number of sulfonamides is 1. The number of nitrogens with one attached hydrogen (secondary N) is 1. The molecule has 8 heteroatoms. The molecule has 0 heterocycles. The van der Waals surface area contributed by atoms with Crippen molar-refractivity contribution in [3.05, 3.63) is 87.9 Å². The van der Waals surface area contributed by atoms with Crippen molar-refractivity contribution in [1.82, 2.24) is 5.32 Å². The number of nitrogens with zero attached hydrogens (tertiary/aromatic N) is 1. The molecule has 0 saturated heterocycles. The molecule has 0 radical (unpaired) electrons. The number of ether oxygens (including phenoxy) is 1. The maximum atomic E-state index is 13.5. The number of aryl methyl sites for hydroxylation is 2. The van der Waals surface area contributed by atoms with Crippen LogP contribution in [0.5, 0.6) is 5.75 Å². The molecule has 180 valence electrons. The third-order valence-corrected chi connectivity index (χ3v) is 7.84. The summed E-state index contributed by atoms with van der Waals surface area (Å²) in [5.41, 5.74) is 3.25. The molecule has 0 spiro atoms. The molecular formula is C26H29BrN2O4S. The van der Waals surface area contributed by atoms with Gasteiger partial charge in [0.15, 0.2) is 0 Å². The maximum absolute atomic E-state index is 13.5. The largest absolute Gasteiger partial charge is 0.496 e. The Morgan fingerprint density at radius 1 is 1.06 bits per heavy atom. The highest BCUT2D eigenvalue weighted by atomic mass is 79.9. The normalized spacial score (nSPS) is 12.1. The maximum Gasteiger partial charge on any atom is 0.264 e. The van der Waals surface area contributed by atoms with Gasteiger partial charge in [0.1, 0.15) is 12.3 Å². The van der Waals surface area contributed by atoms with Crippen molar-refractivity contribution in [2.45, 2.75) is 38.1 Å². The Kier molecular flexibility index (Phi) is 8.38. The van der Waals surface area contributed by atoms with Gasteiger partial charge in [-0.3, -0.25) is 9.10 Å². The van der Waals surface area contributed by atoms with Gasteiger partial charge in [-0.2, -0.15) is 0 Å². The summed E-state index contributed by atoms with van der Waals surface area (Å²) in [6.45, 7) is 5.46. The smallest absolute Gasteiger partial charge is 0.264 e. The number of carbonyl (C=O) groups is 1. The molecule has 0 bridgehead atoms. The van der Waals surface area contributed by atoms with E-state index < -0.39 is 15.9 Å². The molecule has 0 aliphatic heterocycles. The van der Waals surface area contributed by atoms with Gasteiger partial charge in [-0.25, -0.2) is 8.42 Å². The number of anilines is 1. The van der Waals surface area contributed by atoms with E-state index in [0.29, 0.717) is 12.1 Å². The minimum Gasteiger partial charge on any atom is -0.496 e. The Labute approximate surface area is 210 Å². The topological polar surface area (TPSA) is 75.7 Å². The molecule has 0 aliphatic carbocycles. The third kappa shape index (κ3) is 5.98. The van der Waals surface area contributed by atoms with E-state index in [1.807, 2.05) is 39.0 Å². The lowest BCUT2D eigenvalue weighted by atomic mass is 10.0. The van der Waals surface area contributed by atoms with E-state index in [1.54, 1.807) is 55.6 Å². The van der Waals surface area contributed by atoms with Gasteiger partial charge >= 0.3 is 0 Å². The van der Waals surface area contributed by atoms with Crippen LogP contribution in [0.4, 0.5) is 5.69 Å². The first-order valence-corrected chi connectivity index (χ1v) is 13.2. The Balaban J connectivity index is 1.90. The van der Waals surface area contributed by atoms with Crippen LogP contribution < -0.4 is 14.4 Å². The van der Waals surface area contributed by atoms with Gasteiger partial charge in [0, 0.05) is 4.47 Å². The Morgan fingerprint density at radius 2 is 1.76 bits per heavy atom. The number of hydrogen-bond donors (Lipinski definition) is 1. The molecule has 0 saturated carbocycles. The van der Waals surface area contributed by atoms with Crippen LogP contribution in [-0.4, -0.2) is 28.0 Å². The second-order valence-corrected chi connectivity index (χ2v) is 10.8. The molecule has 3 rings (SSSR count). The van der Waals surface area contributed by atoms with Gasteiger partial charge in [-0.05, 0) is 67.8 Å². The Bertz CT molecular complexity index is 1260. The van der Waals surface area contributed by atoms with Crippen molar-refractivity contribution in [2.24, 2.45) is 0 Å². The van der Waals surface area contributed by atoms with E-state index in [0.717, 1.165) is 31.2 Å². The summed E-state index contributed by atoms with van der Waals surface area (Å²) in [6, 6.07) is 19.0. The number of amides is 1. The zero-order valence-corrected chi connectivity index (χ0v) is 22.1. The lowest BCUT2D eigenvalue weighted by Gasteiger charge is -2.26. The van der Waals surface area contributed by atoms with E-state index in [-0.39, 0.29) is 17.5 Å². The third-order valence-electron chi connectivity index (χ3n) is 5.56. The van der Waals surface area contributed by atoms with Crippen LogP contribution in [0, 0.1) is 13.8 Å². The molecular weight excluding hydrogens is 516 g/mol. The number of benzene rings is 3. The molecule has 1 atom stereocenters. The summed E-state index contributed by atoms with van der Waals surface area (Å²) in [5, 5.41) is 3.00. The van der Waals surface area contributed by atoms with E-state index in [1.165, 1.54) is 0 Å². The summed E-state index contributed by atoms with van der Waals surface area (Å²) < 4.78 is 34.3. The number of hydrogen-bond acceptors (Lipinski definition) is 4. The van der Waals surface area contributed by atoms with Crippen LogP contribution >= 0.6 is 15.9 Å². The van der Waals surface area contributed by atoms with Gasteiger partial charge < -0.3 is 10.1 Å². The predicted octanol–water partition coefficient (Wildman–Crippen LogP) is 5.54. The summed E-state index contributed by atoms with van der Waals surface area (Å²) >= 11 is 3.40. The zero-order chi connectivity index (χ0) is 24.9. The Hall–Kier alpha value is -2.84. The Morgan fingerprint density at radius 3 is 2.35 bits per heavy atom. The molecule has 0 aromatic heterocycles. The van der Waals surface area contributed by atoms with Crippen molar-refractivity contribution in [3.8, 4) is 5.75 Å². The fraction of sp³-hybridized carbons (Fsp3) is 0.269. The number of rotatable bonds is 9. The van der Waals surface area contributed by atoms with E-state index in [2.05, 4.69) is 21.2 Å². The summed E-state index contributed by atoms with van der Waals surface area (Å²) in [5.74, 6) is 0.380. The lowest BCUT2D eigenvalue weighted by Crippen LogP contribution is -2.42. The lowest BCUT2D eigenvalue weighted by molar-refractivity contribution is -0.120. The first-order valence-electron chi connectivity index (χ1n) is 10.9. The zero-order valence-electron chi connectivity index (χ0n) is 19.7. The molecule has 1 N–H and O–H groups in total. The molecule has 6 nitrogen and oxygen atoms in total.